The summed E-state index contributed by atoms with van der Waals surface area (Å²) in [7, 11) is -2.35. The third-order valence-corrected chi connectivity index (χ3v) is 4.09. The summed E-state index contributed by atoms with van der Waals surface area (Å²) in [5.41, 5.74) is 0.911. The molecule has 0 radical (unpaired) electrons. The monoisotopic (exact) mass is 314 g/mol. The molecule has 0 aliphatic rings. The molecule has 0 spiro atoms. The average Bonchev–Trinajstić information content (AvgIpc) is 2.36. The highest BCUT2D eigenvalue weighted by molar-refractivity contribution is 7.90. The zero-order valence-electron chi connectivity index (χ0n) is 11.9. The van der Waals surface area contributed by atoms with E-state index in [-0.39, 0.29) is 24.4 Å². The molecule has 1 aromatic rings. The topological polar surface area (TPSA) is 104 Å². The third kappa shape index (κ3) is 5.92. The fourth-order valence-corrected chi connectivity index (χ4v) is 2.55. The summed E-state index contributed by atoms with van der Waals surface area (Å²) in [6.45, 7) is 1.79. The fraction of sp³-hybridized carbons (Fsp3) is 0.385. The largest absolute Gasteiger partial charge is 0.481 e. The van der Waals surface area contributed by atoms with Crippen LogP contribution in [0.5, 0.6) is 0 Å². The van der Waals surface area contributed by atoms with Crippen molar-refractivity contribution in [1.29, 1.82) is 0 Å². The van der Waals surface area contributed by atoms with Crippen LogP contribution in [0, 0.1) is 6.92 Å². The van der Waals surface area contributed by atoms with Crippen LogP contribution in [0.25, 0.3) is 0 Å². The van der Waals surface area contributed by atoms with Crippen molar-refractivity contribution in [2.75, 3.05) is 20.1 Å². The molecule has 0 unspecified atom stereocenters. The number of carboxylic acid groups (broad SMARTS) is 1. The van der Waals surface area contributed by atoms with Crippen LogP contribution in [-0.4, -0.2) is 50.4 Å². The fourth-order valence-electron chi connectivity index (χ4n) is 1.57. The number of carbonyl (C=O) groups is 2. The number of nitrogens with zero attached hydrogens (tertiary/aromatic N) is 1. The molecule has 1 aromatic carbocycles. The SMILES string of the molecule is Cc1ccc(S(=O)(=O)NC(=O)CN(C)CCC(=O)O)cc1. The predicted molar refractivity (Wildman–Crippen MR) is 76.3 cm³/mol. The molecular weight excluding hydrogens is 296 g/mol. The lowest BCUT2D eigenvalue weighted by Gasteiger charge is -2.15. The predicted octanol–water partition coefficient (Wildman–Crippen LogP) is 0.206. The average molecular weight is 314 g/mol. The van der Waals surface area contributed by atoms with Gasteiger partial charge in [0.25, 0.3) is 10.0 Å². The number of aryl methyl sites for hydroxylation is 1. The molecule has 0 aromatic heterocycles. The molecule has 116 valence electrons. The van der Waals surface area contributed by atoms with Crippen molar-refractivity contribution in [2.45, 2.75) is 18.2 Å². The second-order valence-electron chi connectivity index (χ2n) is 4.72. The van der Waals surface area contributed by atoms with E-state index >= 15 is 0 Å². The minimum Gasteiger partial charge on any atom is -0.481 e. The van der Waals surface area contributed by atoms with Crippen LogP contribution in [0.3, 0.4) is 0 Å². The molecule has 0 aliphatic heterocycles. The van der Waals surface area contributed by atoms with E-state index in [1.54, 1.807) is 19.2 Å². The van der Waals surface area contributed by atoms with Crippen LogP contribution in [0.1, 0.15) is 12.0 Å². The molecule has 2 N–H and O–H groups in total. The van der Waals surface area contributed by atoms with Gasteiger partial charge in [0.15, 0.2) is 0 Å². The molecule has 1 amide bonds. The normalized spacial score (nSPS) is 11.4. The number of carbonyl (C=O) groups excluding carboxylic acids is 1. The lowest BCUT2D eigenvalue weighted by Crippen LogP contribution is -2.39. The number of carboxylic acids is 1. The van der Waals surface area contributed by atoms with E-state index in [1.165, 1.54) is 17.0 Å². The zero-order chi connectivity index (χ0) is 16.0. The quantitative estimate of drug-likeness (QED) is 0.745. The molecule has 7 nitrogen and oxygen atoms in total. The van der Waals surface area contributed by atoms with Gasteiger partial charge in [-0.05, 0) is 26.1 Å². The summed E-state index contributed by atoms with van der Waals surface area (Å²) >= 11 is 0. The van der Waals surface area contributed by atoms with Crippen molar-refractivity contribution >= 4 is 21.9 Å². The molecule has 0 aliphatic carbocycles. The number of sulfonamides is 1. The van der Waals surface area contributed by atoms with Crippen molar-refractivity contribution in [3.63, 3.8) is 0 Å². The van der Waals surface area contributed by atoms with Crippen molar-refractivity contribution in [1.82, 2.24) is 9.62 Å². The van der Waals surface area contributed by atoms with E-state index in [4.69, 9.17) is 5.11 Å². The van der Waals surface area contributed by atoms with E-state index in [9.17, 15) is 18.0 Å². The summed E-state index contributed by atoms with van der Waals surface area (Å²) in [4.78, 5) is 23.5. The number of aliphatic carboxylic acids is 1. The first-order valence-electron chi connectivity index (χ1n) is 6.23. The second kappa shape index (κ2) is 7.19. The molecule has 0 saturated carbocycles. The lowest BCUT2D eigenvalue weighted by atomic mass is 10.2. The first kappa shape index (κ1) is 17.1. The maximum absolute atomic E-state index is 12.0. The summed E-state index contributed by atoms with van der Waals surface area (Å²) < 4.78 is 25.9. The maximum atomic E-state index is 12.0. The van der Waals surface area contributed by atoms with Gasteiger partial charge in [0.1, 0.15) is 0 Å². The van der Waals surface area contributed by atoms with Crippen LogP contribution in [0.15, 0.2) is 29.2 Å². The van der Waals surface area contributed by atoms with Crippen molar-refractivity contribution in [3.05, 3.63) is 29.8 Å². The van der Waals surface area contributed by atoms with Gasteiger partial charge in [0.05, 0.1) is 17.9 Å². The Labute approximate surface area is 123 Å². The summed E-state index contributed by atoms with van der Waals surface area (Å²) in [6.07, 6.45) is -0.117. The van der Waals surface area contributed by atoms with Crippen LogP contribution >= 0.6 is 0 Å². The Bertz CT molecular complexity index is 610. The van der Waals surface area contributed by atoms with Gasteiger partial charge in [-0.15, -0.1) is 0 Å². The third-order valence-electron chi connectivity index (χ3n) is 2.70. The highest BCUT2D eigenvalue weighted by Crippen LogP contribution is 2.09. The Kier molecular flexibility index (Phi) is 5.86. The number of nitrogens with one attached hydrogen (secondary N) is 1. The lowest BCUT2D eigenvalue weighted by molar-refractivity contribution is -0.137. The Hall–Kier alpha value is -1.93. The maximum Gasteiger partial charge on any atom is 0.304 e. The standard InChI is InChI=1S/C13H18N2O5S/c1-10-3-5-11(6-4-10)21(19,20)14-12(16)9-15(2)8-7-13(17)18/h3-6H,7-9H2,1-2H3,(H,14,16)(H,17,18). The summed E-state index contributed by atoms with van der Waals surface area (Å²) in [5.74, 6) is -1.68. The molecule has 0 bridgehead atoms. The Morgan fingerprint density at radius 3 is 2.33 bits per heavy atom. The van der Waals surface area contributed by atoms with Crippen LogP contribution < -0.4 is 4.72 Å². The molecule has 0 atom stereocenters. The van der Waals surface area contributed by atoms with Crippen molar-refractivity contribution < 1.29 is 23.1 Å². The second-order valence-corrected chi connectivity index (χ2v) is 6.41. The number of benzene rings is 1. The van der Waals surface area contributed by atoms with Crippen molar-refractivity contribution in [3.8, 4) is 0 Å². The summed E-state index contributed by atoms with van der Waals surface area (Å²) in [6, 6.07) is 6.11. The molecule has 8 heteroatoms. The van der Waals surface area contributed by atoms with E-state index in [1.807, 2.05) is 11.6 Å². The van der Waals surface area contributed by atoms with E-state index in [2.05, 4.69) is 0 Å². The number of hydrogen-bond acceptors (Lipinski definition) is 5. The van der Waals surface area contributed by atoms with E-state index in [0.29, 0.717) is 0 Å². The summed E-state index contributed by atoms with van der Waals surface area (Å²) in [5, 5.41) is 8.53. The van der Waals surface area contributed by atoms with E-state index < -0.39 is 21.9 Å². The molecule has 21 heavy (non-hydrogen) atoms. The highest BCUT2D eigenvalue weighted by atomic mass is 32.2. The molecule has 0 fully saturated rings. The highest BCUT2D eigenvalue weighted by Gasteiger charge is 2.18. The van der Waals surface area contributed by atoms with Crippen LogP contribution in [-0.2, 0) is 19.6 Å². The van der Waals surface area contributed by atoms with Crippen molar-refractivity contribution in [2.24, 2.45) is 0 Å². The first-order valence-corrected chi connectivity index (χ1v) is 7.71. The van der Waals surface area contributed by atoms with Gasteiger partial charge < -0.3 is 5.11 Å². The number of likely N-dealkylation sites (N-methyl/N-ethyl adjacent to an activating group) is 1. The van der Waals surface area contributed by atoms with Crippen LogP contribution in [0.2, 0.25) is 0 Å². The number of rotatable bonds is 7. The van der Waals surface area contributed by atoms with Gasteiger partial charge in [0, 0.05) is 6.54 Å². The van der Waals surface area contributed by atoms with Gasteiger partial charge in [-0.25, -0.2) is 13.1 Å². The number of hydrogen-bond donors (Lipinski definition) is 2. The smallest absolute Gasteiger partial charge is 0.304 e. The van der Waals surface area contributed by atoms with Crippen LogP contribution in [0.4, 0.5) is 0 Å². The zero-order valence-corrected chi connectivity index (χ0v) is 12.7. The Balaban J connectivity index is 2.61. The number of amides is 1. The Morgan fingerprint density at radius 1 is 1.24 bits per heavy atom. The van der Waals surface area contributed by atoms with Gasteiger partial charge in [0.2, 0.25) is 5.91 Å². The van der Waals surface area contributed by atoms with E-state index in [0.717, 1.165) is 5.56 Å². The molecule has 1 rings (SSSR count). The minimum absolute atomic E-state index is 0.00893. The van der Waals surface area contributed by atoms with Gasteiger partial charge in [-0.3, -0.25) is 14.5 Å². The minimum atomic E-state index is -3.90. The van der Waals surface area contributed by atoms with Gasteiger partial charge >= 0.3 is 5.97 Å². The molecule has 0 saturated heterocycles. The van der Waals surface area contributed by atoms with Gasteiger partial charge in [-0.1, -0.05) is 17.7 Å². The molecule has 0 heterocycles. The Morgan fingerprint density at radius 2 is 1.81 bits per heavy atom. The first-order chi connectivity index (χ1) is 9.70. The molecular formula is C13H18N2O5S. The van der Waals surface area contributed by atoms with Gasteiger partial charge in [-0.2, -0.15) is 0 Å².